The predicted molar refractivity (Wildman–Crippen MR) is 145 cm³/mol. The lowest BCUT2D eigenvalue weighted by molar-refractivity contribution is -0.139. The van der Waals surface area contributed by atoms with Crippen LogP contribution in [0.1, 0.15) is 22.7 Å². The number of halogens is 1. The topological polar surface area (TPSA) is 91.9 Å². The van der Waals surface area contributed by atoms with Gasteiger partial charge in [-0.3, -0.25) is 9.59 Å². The highest BCUT2D eigenvalue weighted by molar-refractivity contribution is 9.10. The number of benzene rings is 3. The molecule has 5 rings (SSSR count). The fourth-order valence-electron chi connectivity index (χ4n) is 4.83. The molecule has 1 aliphatic heterocycles. The fraction of sp³-hybridized carbons (Fsp3) is 0.172. The molecule has 0 radical (unpaired) electrons. The van der Waals surface area contributed by atoms with Crippen LogP contribution in [0.4, 0.5) is 0 Å². The average molecular weight is 561 g/mol. The predicted octanol–water partition coefficient (Wildman–Crippen LogP) is 5.61. The first-order valence-electron chi connectivity index (χ1n) is 11.7. The Morgan fingerprint density at radius 3 is 2.51 bits per heavy atom. The number of aliphatic hydroxyl groups is 1. The number of aromatic amines is 1. The number of hydrogen-bond donors (Lipinski definition) is 2. The number of carbonyl (C=O) groups excluding carboxylic acids is 2. The van der Waals surface area contributed by atoms with Crippen LogP contribution in [0.2, 0.25) is 0 Å². The van der Waals surface area contributed by atoms with Crippen molar-refractivity contribution in [2.24, 2.45) is 0 Å². The number of likely N-dealkylation sites (tertiary alicyclic amines) is 1. The van der Waals surface area contributed by atoms with Crippen molar-refractivity contribution in [3.8, 4) is 11.5 Å². The zero-order valence-electron chi connectivity index (χ0n) is 20.3. The molecule has 7 nitrogen and oxygen atoms in total. The quantitative estimate of drug-likeness (QED) is 0.174. The number of nitrogens with zero attached hydrogens (tertiary/aromatic N) is 1. The van der Waals surface area contributed by atoms with Gasteiger partial charge in [0.1, 0.15) is 17.3 Å². The lowest BCUT2D eigenvalue weighted by Crippen LogP contribution is -2.31. The average Bonchev–Trinajstić information content (AvgIpc) is 3.45. The van der Waals surface area contributed by atoms with Crippen LogP contribution < -0.4 is 9.47 Å². The molecule has 0 spiro atoms. The Labute approximate surface area is 222 Å². The summed E-state index contributed by atoms with van der Waals surface area (Å²) >= 11 is 3.39. The van der Waals surface area contributed by atoms with E-state index in [1.807, 2.05) is 30.5 Å². The number of Topliss-reactive ketones (excluding diaryl/α,β-unsaturated/α-hetero) is 1. The number of ether oxygens (including phenoxy) is 2. The number of H-pyrrole nitrogens is 1. The Balaban J connectivity index is 1.63. The van der Waals surface area contributed by atoms with Gasteiger partial charge < -0.3 is 24.5 Å². The van der Waals surface area contributed by atoms with E-state index >= 15 is 0 Å². The lowest BCUT2D eigenvalue weighted by Gasteiger charge is -2.27. The largest absolute Gasteiger partial charge is 0.507 e. The molecular weight excluding hydrogens is 536 g/mol. The number of ketones is 1. The summed E-state index contributed by atoms with van der Waals surface area (Å²) in [6.45, 7) is 0.259. The molecule has 8 heteroatoms. The van der Waals surface area contributed by atoms with Gasteiger partial charge in [0.2, 0.25) is 0 Å². The number of fused-ring (bicyclic) bond motifs is 1. The van der Waals surface area contributed by atoms with Gasteiger partial charge >= 0.3 is 0 Å². The molecule has 1 aliphatic rings. The fourth-order valence-corrected chi connectivity index (χ4v) is 5.09. The minimum absolute atomic E-state index is 0.0119. The monoisotopic (exact) mass is 560 g/mol. The van der Waals surface area contributed by atoms with Crippen molar-refractivity contribution in [3.63, 3.8) is 0 Å². The number of nitrogens with one attached hydrogen (secondary N) is 1. The van der Waals surface area contributed by atoms with Crippen LogP contribution in [0, 0.1) is 0 Å². The maximum Gasteiger partial charge on any atom is 0.295 e. The summed E-state index contributed by atoms with van der Waals surface area (Å²) in [5, 5.41) is 12.4. The Morgan fingerprint density at radius 2 is 1.78 bits per heavy atom. The zero-order chi connectivity index (χ0) is 26.1. The van der Waals surface area contributed by atoms with E-state index in [9.17, 15) is 14.7 Å². The van der Waals surface area contributed by atoms with Crippen LogP contribution in [-0.4, -0.2) is 47.4 Å². The molecule has 2 N–H and O–H groups in total. The highest BCUT2D eigenvalue weighted by atomic mass is 79.9. The Bertz CT molecular complexity index is 1520. The second-order valence-corrected chi connectivity index (χ2v) is 9.63. The van der Waals surface area contributed by atoms with E-state index in [2.05, 4.69) is 20.9 Å². The molecule has 1 saturated heterocycles. The Morgan fingerprint density at radius 1 is 1.03 bits per heavy atom. The van der Waals surface area contributed by atoms with Gasteiger partial charge in [-0.05, 0) is 48.4 Å². The first kappa shape index (κ1) is 24.6. The minimum Gasteiger partial charge on any atom is -0.507 e. The summed E-state index contributed by atoms with van der Waals surface area (Å²) in [4.78, 5) is 31.6. The van der Waals surface area contributed by atoms with E-state index in [1.54, 1.807) is 49.6 Å². The van der Waals surface area contributed by atoms with E-state index in [0.717, 1.165) is 20.9 Å². The van der Waals surface area contributed by atoms with Crippen molar-refractivity contribution in [2.75, 3.05) is 20.8 Å². The summed E-state index contributed by atoms with van der Waals surface area (Å²) < 4.78 is 11.9. The number of hydrogen-bond acceptors (Lipinski definition) is 5. The molecule has 1 aromatic heterocycles. The highest BCUT2D eigenvalue weighted by Gasteiger charge is 2.47. The Hall–Kier alpha value is -4.04. The molecule has 37 heavy (non-hydrogen) atoms. The van der Waals surface area contributed by atoms with Crippen LogP contribution in [0.3, 0.4) is 0 Å². The van der Waals surface area contributed by atoms with E-state index in [-0.39, 0.29) is 17.9 Å². The smallest absolute Gasteiger partial charge is 0.295 e. The standard InChI is InChI=1S/C29H25BrN2O5/c1-36-20-11-12-24(37-2)22(15-20)26-25(27(33)17-7-9-19(30)10-8-17)28(34)29(35)32(26)14-13-18-16-31-23-6-4-3-5-21(18)23/h3-12,15-16,26,31,33H,13-14H2,1-2H3. The molecule has 0 bridgehead atoms. The summed E-state index contributed by atoms with van der Waals surface area (Å²) in [6, 6.07) is 19.2. The van der Waals surface area contributed by atoms with Gasteiger partial charge in [0.15, 0.2) is 0 Å². The van der Waals surface area contributed by atoms with Crippen molar-refractivity contribution in [2.45, 2.75) is 12.5 Å². The number of rotatable bonds is 7. The van der Waals surface area contributed by atoms with Gasteiger partial charge in [-0.15, -0.1) is 0 Å². The van der Waals surface area contributed by atoms with E-state index in [0.29, 0.717) is 29.0 Å². The summed E-state index contributed by atoms with van der Waals surface area (Å²) in [7, 11) is 3.07. The van der Waals surface area contributed by atoms with Crippen molar-refractivity contribution < 1.29 is 24.2 Å². The van der Waals surface area contributed by atoms with Crippen LogP contribution in [0.15, 0.2) is 83.0 Å². The van der Waals surface area contributed by atoms with Gasteiger partial charge in [-0.25, -0.2) is 0 Å². The van der Waals surface area contributed by atoms with Crippen molar-refractivity contribution in [3.05, 3.63) is 99.7 Å². The number of amides is 1. The number of aromatic nitrogens is 1. The third-order valence-electron chi connectivity index (χ3n) is 6.69. The lowest BCUT2D eigenvalue weighted by atomic mass is 9.94. The molecule has 4 aromatic rings. The van der Waals surface area contributed by atoms with Gasteiger partial charge in [0.05, 0.1) is 25.8 Å². The summed E-state index contributed by atoms with van der Waals surface area (Å²) in [6.07, 6.45) is 2.43. The van der Waals surface area contributed by atoms with Crippen molar-refractivity contribution in [1.29, 1.82) is 0 Å². The SMILES string of the molecule is COc1ccc(OC)c(C2C(=C(O)c3ccc(Br)cc3)C(=O)C(=O)N2CCc2c[nH]c3ccccc23)c1. The molecule has 1 atom stereocenters. The number of methoxy groups -OCH3 is 2. The molecule has 3 aromatic carbocycles. The molecule has 1 amide bonds. The second kappa shape index (κ2) is 10.1. The van der Waals surface area contributed by atoms with Crippen LogP contribution in [0.5, 0.6) is 11.5 Å². The van der Waals surface area contributed by atoms with Crippen LogP contribution in [-0.2, 0) is 16.0 Å². The van der Waals surface area contributed by atoms with Crippen LogP contribution in [0.25, 0.3) is 16.7 Å². The maximum absolute atomic E-state index is 13.4. The van der Waals surface area contributed by atoms with E-state index in [1.165, 1.54) is 12.0 Å². The van der Waals surface area contributed by atoms with Gasteiger partial charge in [0.25, 0.3) is 11.7 Å². The Kier molecular flexibility index (Phi) is 6.76. The zero-order valence-corrected chi connectivity index (χ0v) is 21.9. The molecule has 1 fully saturated rings. The van der Waals surface area contributed by atoms with E-state index in [4.69, 9.17) is 9.47 Å². The minimum atomic E-state index is -0.862. The van der Waals surface area contributed by atoms with Gasteiger partial charge in [-0.2, -0.15) is 0 Å². The first-order chi connectivity index (χ1) is 17.9. The number of aliphatic hydroxyl groups excluding tert-OH is 1. The van der Waals surface area contributed by atoms with Crippen molar-refractivity contribution >= 4 is 44.3 Å². The molecule has 0 saturated carbocycles. The molecule has 188 valence electrons. The molecule has 2 heterocycles. The van der Waals surface area contributed by atoms with E-state index < -0.39 is 17.7 Å². The van der Waals surface area contributed by atoms with Crippen LogP contribution >= 0.6 is 15.9 Å². The molecule has 0 aliphatic carbocycles. The summed E-state index contributed by atoms with van der Waals surface area (Å²) in [5.74, 6) is -0.633. The van der Waals surface area contributed by atoms with Crippen molar-refractivity contribution in [1.82, 2.24) is 9.88 Å². The highest BCUT2D eigenvalue weighted by Crippen LogP contribution is 2.44. The first-order valence-corrected chi connectivity index (χ1v) is 12.5. The third kappa shape index (κ3) is 4.49. The number of carbonyl (C=O) groups is 2. The third-order valence-corrected chi connectivity index (χ3v) is 7.21. The summed E-state index contributed by atoms with van der Waals surface area (Å²) in [5.41, 5.74) is 3.03. The molecular formula is C29H25BrN2O5. The second-order valence-electron chi connectivity index (χ2n) is 8.72. The number of para-hydroxylation sites is 1. The normalized spacial score (nSPS) is 16.9. The van der Waals surface area contributed by atoms with Gasteiger partial charge in [0, 0.05) is 39.2 Å². The molecule has 1 unspecified atom stereocenters. The maximum atomic E-state index is 13.4. The van der Waals surface area contributed by atoms with Gasteiger partial charge in [-0.1, -0.05) is 46.3 Å².